The van der Waals surface area contributed by atoms with Gasteiger partial charge in [0, 0.05) is 25.2 Å². The number of hydrogen-bond acceptors (Lipinski definition) is 3. The summed E-state index contributed by atoms with van der Waals surface area (Å²) < 4.78 is 5.87. The molecule has 7 heteroatoms. The van der Waals surface area contributed by atoms with Gasteiger partial charge in [-0.2, -0.15) is 0 Å². The van der Waals surface area contributed by atoms with E-state index in [1.807, 2.05) is 61.7 Å². The molecule has 3 aromatic rings. The predicted octanol–water partition coefficient (Wildman–Crippen LogP) is 4.64. The van der Waals surface area contributed by atoms with E-state index in [9.17, 15) is 0 Å². The molecule has 0 saturated carbocycles. The number of pyridine rings is 1. The molecule has 5 nitrogen and oxygen atoms in total. The van der Waals surface area contributed by atoms with Gasteiger partial charge in [0.25, 0.3) is 0 Å². The lowest BCUT2D eigenvalue weighted by Crippen LogP contribution is -2.41. The molecule has 1 unspecified atom stereocenters. The van der Waals surface area contributed by atoms with Crippen LogP contribution in [0.25, 0.3) is 10.9 Å². The number of para-hydroxylation sites is 2. The Morgan fingerprint density at radius 3 is 2.64 bits per heavy atom. The highest BCUT2D eigenvalue weighted by Crippen LogP contribution is 2.24. The molecule has 0 saturated heterocycles. The van der Waals surface area contributed by atoms with Crippen LogP contribution in [-0.4, -0.2) is 30.6 Å². The molecule has 0 aliphatic heterocycles. The van der Waals surface area contributed by atoms with Gasteiger partial charge in [-0.3, -0.25) is 9.98 Å². The summed E-state index contributed by atoms with van der Waals surface area (Å²) in [7, 11) is 1.75. The lowest BCUT2D eigenvalue weighted by atomic mass is 10.1. The van der Waals surface area contributed by atoms with Crippen molar-refractivity contribution in [3.05, 3.63) is 71.4 Å². The first kappa shape index (κ1) is 22.2. The highest BCUT2D eigenvalue weighted by molar-refractivity contribution is 14.0. The van der Waals surface area contributed by atoms with Crippen molar-refractivity contribution in [2.45, 2.75) is 19.6 Å². The smallest absolute Gasteiger partial charge is 0.191 e. The fourth-order valence-electron chi connectivity index (χ4n) is 2.75. The van der Waals surface area contributed by atoms with E-state index < -0.39 is 0 Å². The summed E-state index contributed by atoms with van der Waals surface area (Å²) in [5.74, 6) is 1.39. The Balaban J connectivity index is 0.00000280. The Labute approximate surface area is 187 Å². The Kier molecular flexibility index (Phi) is 8.79. The first-order valence-corrected chi connectivity index (χ1v) is 9.23. The molecule has 3 rings (SSSR count). The van der Waals surface area contributed by atoms with Gasteiger partial charge in [-0.1, -0.05) is 41.9 Å². The van der Waals surface area contributed by atoms with Gasteiger partial charge in [0.2, 0.25) is 0 Å². The standard InChI is InChI=1S/C21H23ClN4O.HI/c1-15(27-20-10-6-4-8-18(20)22)13-25-21(23-2)26-14-16-11-12-24-19-9-5-3-7-17(16)19;/h3-12,15H,13-14H2,1-2H3,(H2,23,25,26);1H. The molecule has 1 heterocycles. The number of guanidine groups is 1. The molecule has 28 heavy (non-hydrogen) atoms. The average molecular weight is 511 g/mol. The summed E-state index contributed by atoms with van der Waals surface area (Å²) >= 11 is 6.14. The van der Waals surface area contributed by atoms with Gasteiger partial charge in [-0.25, -0.2) is 0 Å². The normalized spacial score (nSPS) is 12.2. The predicted molar refractivity (Wildman–Crippen MR) is 127 cm³/mol. The molecule has 1 atom stereocenters. The fraction of sp³-hybridized carbons (Fsp3) is 0.238. The van der Waals surface area contributed by atoms with Gasteiger partial charge >= 0.3 is 0 Å². The minimum absolute atomic E-state index is 0. The zero-order chi connectivity index (χ0) is 19.1. The SMILES string of the molecule is CN=C(NCc1ccnc2ccccc12)NCC(C)Oc1ccccc1Cl.I. The van der Waals surface area contributed by atoms with Crippen LogP contribution < -0.4 is 15.4 Å². The summed E-state index contributed by atoms with van der Waals surface area (Å²) in [6, 6.07) is 17.6. The quantitative estimate of drug-likeness (QED) is 0.288. The molecule has 0 spiro atoms. The van der Waals surface area contributed by atoms with Crippen LogP contribution in [0, 0.1) is 0 Å². The Morgan fingerprint density at radius 2 is 1.86 bits per heavy atom. The number of halogens is 2. The van der Waals surface area contributed by atoms with Crippen LogP contribution in [0.5, 0.6) is 5.75 Å². The fourth-order valence-corrected chi connectivity index (χ4v) is 2.93. The van der Waals surface area contributed by atoms with Crippen molar-refractivity contribution >= 4 is 52.4 Å². The van der Waals surface area contributed by atoms with Gasteiger partial charge in [0.1, 0.15) is 11.9 Å². The Morgan fingerprint density at radius 1 is 1.11 bits per heavy atom. The zero-order valence-electron chi connectivity index (χ0n) is 15.9. The summed E-state index contributed by atoms with van der Waals surface area (Å²) in [5.41, 5.74) is 2.16. The van der Waals surface area contributed by atoms with Crippen LogP contribution in [0.15, 0.2) is 65.8 Å². The molecule has 0 aliphatic rings. The first-order valence-electron chi connectivity index (χ1n) is 8.85. The minimum Gasteiger partial charge on any atom is -0.487 e. The third-order valence-electron chi connectivity index (χ3n) is 4.13. The van der Waals surface area contributed by atoms with E-state index in [0.717, 1.165) is 10.9 Å². The maximum Gasteiger partial charge on any atom is 0.191 e. The number of fused-ring (bicyclic) bond motifs is 1. The highest BCUT2D eigenvalue weighted by Gasteiger charge is 2.08. The van der Waals surface area contributed by atoms with Crippen molar-refractivity contribution in [1.82, 2.24) is 15.6 Å². The second-order valence-electron chi connectivity index (χ2n) is 6.15. The summed E-state index contributed by atoms with van der Waals surface area (Å²) in [5, 5.41) is 8.37. The van der Waals surface area contributed by atoms with Crippen molar-refractivity contribution in [1.29, 1.82) is 0 Å². The third kappa shape index (κ3) is 5.97. The van der Waals surface area contributed by atoms with Crippen LogP contribution in [0.4, 0.5) is 0 Å². The highest BCUT2D eigenvalue weighted by atomic mass is 127. The average Bonchev–Trinajstić information content (AvgIpc) is 2.70. The second-order valence-corrected chi connectivity index (χ2v) is 6.56. The molecule has 2 aromatic carbocycles. The maximum atomic E-state index is 6.14. The van der Waals surface area contributed by atoms with Crippen molar-refractivity contribution in [3.8, 4) is 5.75 Å². The van der Waals surface area contributed by atoms with Gasteiger partial charge < -0.3 is 15.4 Å². The van der Waals surface area contributed by atoms with Crippen molar-refractivity contribution < 1.29 is 4.74 Å². The van der Waals surface area contributed by atoms with Crippen LogP contribution in [-0.2, 0) is 6.54 Å². The summed E-state index contributed by atoms with van der Waals surface area (Å²) in [6.45, 7) is 3.24. The van der Waals surface area contributed by atoms with Crippen molar-refractivity contribution in [2.75, 3.05) is 13.6 Å². The van der Waals surface area contributed by atoms with E-state index in [1.165, 1.54) is 5.56 Å². The van der Waals surface area contributed by atoms with Crippen LogP contribution in [0.1, 0.15) is 12.5 Å². The van der Waals surface area contributed by atoms with E-state index in [1.54, 1.807) is 7.05 Å². The zero-order valence-corrected chi connectivity index (χ0v) is 18.9. The van der Waals surface area contributed by atoms with E-state index >= 15 is 0 Å². The van der Waals surface area contributed by atoms with Crippen LogP contribution >= 0.6 is 35.6 Å². The lowest BCUT2D eigenvalue weighted by molar-refractivity contribution is 0.224. The number of nitrogens with one attached hydrogen (secondary N) is 2. The molecule has 1 aromatic heterocycles. The molecule has 2 N–H and O–H groups in total. The molecule has 148 valence electrons. The topological polar surface area (TPSA) is 58.5 Å². The van der Waals surface area contributed by atoms with Crippen molar-refractivity contribution in [2.24, 2.45) is 4.99 Å². The largest absolute Gasteiger partial charge is 0.487 e. The number of benzene rings is 2. The molecule has 0 amide bonds. The van der Waals surface area contributed by atoms with Gasteiger partial charge in [0.05, 0.1) is 17.1 Å². The molecule has 0 fully saturated rings. The molecule has 0 aliphatic carbocycles. The van der Waals surface area contributed by atoms with Crippen LogP contribution in [0.2, 0.25) is 5.02 Å². The van der Waals surface area contributed by atoms with Crippen molar-refractivity contribution in [3.63, 3.8) is 0 Å². The number of nitrogens with zero attached hydrogens (tertiary/aromatic N) is 2. The number of aromatic nitrogens is 1. The molecular formula is C21H24ClIN4O. The van der Waals surface area contributed by atoms with Crippen LogP contribution in [0.3, 0.4) is 0 Å². The third-order valence-corrected chi connectivity index (χ3v) is 4.44. The minimum atomic E-state index is -0.0646. The molecule has 0 radical (unpaired) electrons. The number of aliphatic imine (C=N–C) groups is 1. The van der Waals surface area contributed by atoms with E-state index in [0.29, 0.717) is 29.8 Å². The molecule has 0 bridgehead atoms. The Hall–Kier alpha value is -2.06. The number of hydrogen-bond donors (Lipinski definition) is 2. The van der Waals surface area contributed by atoms with E-state index in [4.69, 9.17) is 16.3 Å². The second kappa shape index (κ2) is 11.1. The summed E-state index contributed by atoms with van der Waals surface area (Å²) in [4.78, 5) is 8.67. The van der Waals surface area contributed by atoms with E-state index in [2.05, 4.69) is 26.7 Å². The first-order chi connectivity index (χ1) is 13.2. The van der Waals surface area contributed by atoms with Gasteiger partial charge in [0.15, 0.2) is 5.96 Å². The summed E-state index contributed by atoms with van der Waals surface area (Å²) in [6.07, 6.45) is 1.76. The lowest BCUT2D eigenvalue weighted by Gasteiger charge is -2.18. The Bertz CT molecular complexity index is 930. The maximum absolute atomic E-state index is 6.14. The molecular weight excluding hydrogens is 487 g/mol. The van der Waals surface area contributed by atoms with Gasteiger partial charge in [-0.15, -0.1) is 24.0 Å². The monoisotopic (exact) mass is 510 g/mol. The number of rotatable bonds is 6. The van der Waals surface area contributed by atoms with E-state index in [-0.39, 0.29) is 30.1 Å². The van der Waals surface area contributed by atoms with Gasteiger partial charge in [-0.05, 0) is 36.8 Å². The number of ether oxygens (including phenoxy) is 1.